The fourth-order valence-electron chi connectivity index (χ4n) is 1.55. The van der Waals surface area contributed by atoms with Crippen LogP contribution in [0.4, 0.5) is 0 Å². The Labute approximate surface area is 55.0 Å². The Morgan fingerprint density at radius 2 is 1.50 bits per heavy atom. The van der Waals surface area contributed by atoms with Crippen LogP contribution in [0.2, 0.25) is 0 Å². The molecule has 0 N–H and O–H groups in total. The number of fused-ring (bicyclic) bond motifs is 1. The maximum Gasteiger partial charge on any atom is 0.0169 e. The molecule has 1 saturated carbocycles. The summed E-state index contributed by atoms with van der Waals surface area (Å²) in [5, 5.41) is 2.22. The molecule has 1 aliphatic carbocycles. The number of rotatable bonds is 0. The molecule has 0 aromatic rings. The van der Waals surface area contributed by atoms with Gasteiger partial charge in [0.05, 0.1) is 0 Å². The van der Waals surface area contributed by atoms with E-state index in [9.17, 15) is 0 Å². The van der Waals surface area contributed by atoms with Gasteiger partial charge in [0, 0.05) is 10.5 Å². The van der Waals surface area contributed by atoms with Crippen LogP contribution >= 0.6 is 11.8 Å². The van der Waals surface area contributed by atoms with E-state index in [4.69, 9.17) is 0 Å². The second-order valence-electron chi connectivity index (χ2n) is 2.85. The zero-order valence-electron chi connectivity index (χ0n) is 5.10. The van der Waals surface area contributed by atoms with E-state index < -0.39 is 0 Å². The van der Waals surface area contributed by atoms with Gasteiger partial charge in [-0.05, 0) is 12.8 Å². The molecular weight excluding hydrogens is 116 g/mol. The fourth-order valence-corrected chi connectivity index (χ4v) is 2.79. The van der Waals surface area contributed by atoms with E-state index in [0.29, 0.717) is 0 Å². The van der Waals surface area contributed by atoms with Gasteiger partial charge >= 0.3 is 0 Å². The van der Waals surface area contributed by atoms with Crippen LogP contribution in [0.15, 0.2) is 0 Å². The third-order valence-corrected chi connectivity index (χ3v) is 3.68. The first-order chi connectivity index (χ1) is 3.97. The number of hydrogen-bond donors (Lipinski definition) is 0. The Kier molecular flexibility index (Phi) is 1.25. The van der Waals surface area contributed by atoms with Gasteiger partial charge < -0.3 is 0 Å². The summed E-state index contributed by atoms with van der Waals surface area (Å²) in [6.45, 7) is 0. The highest BCUT2D eigenvalue weighted by atomic mass is 32.2. The first-order valence-corrected chi connectivity index (χ1v) is 4.56. The average molecular weight is 128 g/mol. The van der Waals surface area contributed by atoms with Crippen LogP contribution in [0.3, 0.4) is 0 Å². The van der Waals surface area contributed by atoms with Gasteiger partial charge in [-0.15, -0.1) is 0 Å². The van der Waals surface area contributed by atoms with E-state index in [1.807, 2.05) is 0 Å². The highest BCUT2D eigenvalue weighted by Gasteiger charge is 2.37. The first-order valence-electron chi connectivity index (χ1n) is 3.62. The van der Waals surface area contributed by atoms with Crippen molar-refractivity contribution in [1.29, 1.82) is 0 Å². The summed E-state index contributed by atoms with van der Waals surface area (Å²) in [6, 6.07) is 0. The van der Waals surface area contributed by atoms with Crippen molar-refractivity contribution in [2.75, 3.05) is 0 Å². The third-order valence-electron chi connectivity index (χ3n) is 2.16. The normalized spacial score (nSPS) is 45.0. The van der Waals surface area contributed by atoms with Gasteiger partial charge in [0.2, 0.25) is 0 Å². The monoisotopic (exact) mass is 128 g/mol. The van der Waals surface area contributed by atoms with Gasteiger partial charge in [0.15, 0.2) is 0 Å². The van der Waals surface area contributed by atoms with Gasteiger partial charge in [0.25, 0.3) is 0 Å². The van der Waals surface area contributed by atoms with E-state index in [-0.39, 0.29) is 0 Å². The number of thioether (sulfide) groups is 1. The van der Waals surface area contributed by atoms with E-state index in [2.05, 4.69) is 11.8 Å². The topological polar surface area (TPSA) is 0 Å². The zero-order valence-corrected chi connectivity index (χ0v) is 5.91. The molecule has 0 nitrogen and oxygen atoms in total. The maximum absolute atomic E-state index is 2.21. The molecule has 0 unspecified atom stereocenters. The van der Waals surface area contributed by atoms with Crippen LogP contribution < -0.4 is 0 Å². The summed E-state index contributed by atoms with van der Waals surface area (Å²) in [6.07, 6.45) is 7.57. The fraction of sp³-hybridized carbons (Fsp3) is 1.00. The van der Waals surface area contributed by atoms with Crippen LogP contribution in [0.5, 0.6) is 0 Å². The molecule has 1 heterocycles. The van der Waals surface area contributed by atoms with Crippen molar-refractivity contribution in [2.24, 2.45) is 0 Å². The molecule has 0 radical (unpaired) electrons. The van der Waals surface area contributed by atoms with E-state index in [1.165, 1.54) is 32.1 Å². The lowest BCUT2D eigenvalue weighted by molar-refractivity contribution is 0.700. The Morgan fingerprint density at radius 1 is 0.875 bits per heavy atom. The molecule has 0 aromatic heterocycles. The Balaban J connectivity index is 1.89. The average Bonchev–Trinajstić information content (AvgIpc) is 2.36. The molecule has 2 fully saturated rings. The van der Waals surface area contributed by atoms with Gasteiger partial charge in [-0.2, -0.15) is 11.8 Å². The molecule has 0 bridgehead atoms. The highest BCUT2D eigenvalue weighted by molar-refractivity contribution is 8.07. The highest BCUT2D eigenvalue weighted by Crippen LogP contribution is 2.49. The minimum atomic E-state index is 1.11. The van der Waals surface area contributed by atoms with E-state index >= 15 is 0 Å². The Bertz CT molecular complexity index is 80.4. The van der Waals surface area contributed by atoms with Crippen LogP contribution in [0.25, 0.3) is 0 Å². The summed E-state index contributed by atoms with van der Waals surface area (Å²) in [7, 11) is 0. The summed E-state index contributed by atoms with van der Waals surface area (Å²) < 4.78 is 0. The van der Waals surface area contributed by atoms with Gasteiger partial charge in [-0.3, -0.25) is 0 Å². The lowest BCUT2D eigenvalue weighted by Crippen LogP contribution is -1.87. The predicted octanol–water partition coefficient (Wildman–Crippen LogP) is 2.43. The Hall–Kier alpha value is 0.350. The van der Waals surface area contributed by atoms with Crippen LogP contribution in [-0.2, 0) is 0 Å². The molecule has 2 atom stereocenters. The third kappa shape index (κ3) is 0.883. The van der Waals surface area contributed by atoms with Crippen molar-refractivity contribution >= 4 is 11.8 Å². The van der Waals surface area contributed by atoms with E-state index in [0.717, 1.165) is 10.5 Å². The largest absolute Gasteiger partial charge is 0.153 e. The van der Waals surface area contributed by atoms with Crippen LogP contribution in [-0.4, -0.2) is 10.5 Å². The van der Waals surface area contributed by atoms with Crippen LogP contribution in [0.1, 0.15) is 32.1 Å². The molecule has 1 heteroatoms. The second-order valence-corrected chi connectivity index (χ2v) is 4.33. The van der Waals surface area contributed by atoms with Crippen LogP contribution in [0, 0.1) is 0 Å². The molecule has 2 aliphatic rings. The smallest absolute Gasteiger partial charge is 0.0169 e. The molecule has 2 rings (SSSR count). The van der Waals surface area contributed by atoms with Crippen molar-refractivity contribution in [3.05, 3.63) is 0 Å². The molecule has 1 aliphatic heterocycles. The standard InChI is InChI=1S/C7H12S/c1-2-4-6-7(8-6)5-3-1/h6-7H,1-5H2/t6-,7+. The van der Waals surface area contributed by atoms with Crippen molar-refractivity contribution in [1.82, 2.24) is 0 Å². The predicted molar refractivity (Wildman–Crippen MR) is 38.3 cm³/mol. The van der Waals surface area contributed by atoms with Crippen molar-refractivity contribution in [3.8, 4) is 0 Å². The summed E-state index contributed by atoms with van der Waals surface area (Å²) in [4.78, 5) is 0. The lowest BCUT2D eigenvalue weighted by Gasteiger charge is -1.90. The summed E-state index contributed by atoms with van der Waals surface area (Å²) >= 11 is 2.21. The Morgan fingerprint density at radius 3 is 2.12 bits per heavy atom. The van der Waals surface area contributed by atoms with Gasteiger partial charge in [-0.1, -0.05) is 19.3 Å². The van der Waals surface area contributed by atoms with Gasteiger partial charge in [-0.25, -0.2) is 0 Å². The second kappa shape index (κ2) is 1.94. The zero-order chi connectivity index (χ0) is 5.40. The van der Waals surface area contributed by atoms with Crippen molar-refractivity contribution in [3.63, 3.8) is 0 Å². The molecule has 46 valence electrons. The minimum Gasteiger partial charge on any atom is -0.153 e. The molecule has 0 spiro atoms. The number of hydrogen-bond acceptors (Lipinski definition) is 1. The lowest BCUT2D eigenvalue weighted by atomic mass is 10.2. The SMILES string of the molecule is C1CC[C@@H]2S[C@@H]2CC1. The first kappa shape index (κ1) is 5.16. The minimum absolute atomic E-state index is 1.11. The molecule has 0 aromatic carbocycles. The molecule has 0 amide bonds. The van der Waals surface area contributed by atoms with Crippen molar-refractivity contribution < 1.29 is 0 Å². The van der Waals surface area contributed by atoms with E-state index in [1.54, 1.807) is 0 Å². The molecular formula is C7H12S. The molecule has 1 saturated heterocycles. The molecule has 8 heavy (non-hydrogen) atoms. The van der Waals surface area contributed by atoms with Gasteiger partial charge in [0.1, 0.15) is 0 Å². The van der Waals surface area contributed by atoms with Crippen molar-refractivity contribution in [2.45, 2.75) is 42.6 Å². The maximum atomic E-state index is 2.21. The quantitative estimate of drug-likeness (QED) is 0.451. The summed E-state index contributed by atoms with van der Waals surface area (Å²) in [5.41, 5.74) is 0. The summed E-state index contributed by atoms with van der Waals surface area (Å²) in [5.74, 6) is 0.